The maximum Gasteiger partial charge on any atom is 0.160 e. The first kappa shape index (κ1) is 32.7. The second kappa shape index (κ2) is 13.6. The van der Waals surface area contributed by atoms with Crippen LogP contribution in [-0.2, 0) is 0 Å². The Kier molecular flexibility index (Phi) is 7.78. The standard InChI is InChI=1S/C53H33N3O/c1-4-15-34(16-5-1)39-21-14-22-40(33-39)53-55-50(36-17-6-2-7-18-36)47(51(56-53)37-19-8-3-9-20-37)35-27-29-38(30-28-35)49-44-32-31-42-41-23-11-13-26-46(41)57-52(42)48(44)43-24-10-12-25-45(43)54-49/h1-33H. The Morgan fingerprint density at radius 2 is 0.842 bits per heavy atom. The highest BCUT2D eigenvalue weighted by Gasteiger charge is 2.22. The monoisotopic (exact) mass is 727 g/mol. The van der Waals surface area contributed by atoms with Gasteiger partial charge in [-0.1, -0.05) is 176 Å². The molecule has 0 spiro atoms. The van der Waals surface area contributed by atoms with E-state index in [9.17, 15) is 0 Å². The van der Waals surface area contributed by atoms with Crippen molar-refractivity contribution in [1.82, 2.24) is 15.0 Å². The van der Waals surface area contributed by atoms with E-state index in [2.05, 4.69) is 164 Å². The van der Waals surface area contributed by atoms with E-state index < -0.39 is 0 Å². The molecule has 11 aromatic rings. The molecule has 0 atom stereocenters. The summed E-state index contributed by atoms with van der Waals surface area (Å²) >= 11 is 0. The minimum Gasteiger partial charge on any atom is -0.455 e. The lowest BCUT2D eigenvalue weighted by molar-refractivity contribution is 0.673. The molecule has 0 radical (unpaired) electrons. The summed E-state index contributed by atoms with van der Waals surface area (Å²) in [5.74, 6) is 0.676. The van der Waals surface area contributed by atoms with E-state index in [-0.39, 0.29) is 0 Å². The van der Waals surface area contributed by atoms with Crippen molar-refractivity contribution in [2.75, 3.05) is 0 Å². The zero-order valence-electron chi connectivity index (χ0n) is 30.8. The normalized spacial score (nSPS) is 11.5. The van der Waals surface area contributed by atoms with Crippen LogP contribution in [0.15, 0.2) is 205 Å². The summed E-state index contributed by atoms with van der Waals surface area (Å²) in [5, 5.41) is 5.42. The van der Waals surface area contributed by atoms with E-state index in [1.54, 1.807) is 0 Å². The van der Waals surface area contributed by atoms with Crippen LogP contribution in [0.1, 0.15) is 0 Å². The maximum atomic E-state index is 6.58. The molecule has 0 saturated carbocycles. The number of rotatable bonds is 6. The SMILES string of the molecule is c1ccc(-c2cccc(-c3nc(-c4ccccc4)c(-c4ccc(-c5nc6ccccc6c6c5ccc5c7ccccc7oc56)cc4)c(-c4ccccc4)n3)c2)cc1. The molecule has 0 N–H and O–H groups in total. The predicted molar refractivity (Wildman–Crippen MR) is 235 cm³/mol. The Balaban J connectivity index is 1.11. The Bertz CT molecular complexity index is 3200. The van der Waals surface area contributed by atoms with E-state index in [1.165, 1.54) is 0 Å². The molecule has 0 saturated heterocycles. The van der Waals surface area contributed by atoms with Gasteiger partial charge in [0, 0.05) is 54.7 Å². The summed E-state index contributed by atoms with van der Waals surface area (Å²) in [7, 11) is 0. The van der Waals surface area contributed by atoms with E-state index in [0.717, 1.165) is 105 Å². The number of aromatic nitrogens is 3. The van der Waals surface area contributed by atoms with Gasteiger partial charge in [0.25, 0.3) is 0 Å². The third kappa shape index (κ3) is 5.66. The molecule has 0 bridgehead atoms. The fourth-order valence-electron chi connectivity index (χ4n) is 8.17. The quantitative estimate of drug-likeness (QED) is 0.160. The lowest BCUT2D eigenvalue weighted by atomic mass is 9.92. The first-order chi connectivity index (χ1) is 28.3. The van der Waals surface area contributed by atoms with Gasteiger partial charge >= 0.3 is 0 Å². The van der Waals surface area contributed by atoms with Crippen molar-refractivity contribution < 1.29 is 4.42 Å². The smallest absolute Gasteiger partial charge is 0.160 e. The van der Waals surface area contributed by atoms with Gasteiger partial charge in [0.2, 0.25) is 0 Å². The zero-order valence-corrected chi connectivity index (χ0v) is 30.8. The van der Waals surface area contributed by atoms with Crippen LogP contribution in [0.2, 0.25) is 0 Å². The van der Waals surface area contributed by atoms with Gasteiger partial charge in [-0.05, 0) is 41.0 Å². The van der Waals surface area contributed by atoms with Crippen LogP contribution in [0.4, 0.5) is 0 Å². The predicted octanol–water partition coefficient (Wildman–Crippen LogP) is 14.1. The lowest BCUT2D eigenvalue weighted by Crippen LogP contribution is -2.01. The molecule has 0 aliphatic heterocycles. The molecule has 0 amide bonds. The summed E-state index contributed by atoms with van der Waals surface area (Å²) in [6, 6.07) is 69.5. The first-order valence-electron chi connectivity index (χ1n) is 19.2. The lowest BCUT2D eigenvalue weighted by Gasteiger charge is -2.18. The highest BCUT2D eigenvalue weighted by atomic mass is 16.3. The van der Waals surface area contributed by atoms with E-state index >= 15 is 0 Å². The Labute approximate surface area is 329 Å². The number of benzene rings is 8. The van der Waals surface area contributed by atoms with E-state index in [1.807, 2.05) is 36.4 Å². The van der Waals surface area contributed by atoms with Crippen molar-refractivity contribution in [1.29, 1.82) is 0 Å². The van der Waals surface area contributed by atoms with Crippen molar-refractivity contribution in [3.05, 3.63) is 200 Å². The van der Waals surface area contributed by atoms with Crippen molar-refractivity contribution in [2.45, 2.75) is 0 Å². The molecule has 3 aromatic heterocycles. The average Bonchev–Trinajstić information content (AvgIpc) is 3.68. The summed E-state index contributed by atoms with van der Waals surface area (Å²) in [6.45, 7) is 0. The van der Waals surface area contributed by atoms with Crippen LogP contribution in [-0.4, -0.2) is 15.0 Å². The van der Waals surface area contributed by atoms with Gasteiger partial charge in [-0.2, -0.15) is 0 Å². The van der Waals surface area contributed by atoms with Crippen molar-refractivity contribution in [3.8, 4) is 67.4 Å². The maximum absolute atomic E-state index is 6.58. The topological polar surface area (TPSA) is 51.8 Å². The third-order valence-corrected chi connectivity index (χ3v) is 10.9. The summed E-state index contributed by atoms with van der Waals surface area (Å²) < 4.78 is 6.58. The van der Waals surface area contributed by atoms with Gasteiger partial charge < -0.3 is 4.42 Å². The summed E-state index contributed by atoms with van der Waals surface area (Å²) in [4.78, 5) is 16.0. The molecule has 0 fully saturated rings. The van der Waals surface area contributed by atoms with Crippen molar-refractivity contribution >= 4 is 43.6 Å². The fraction of sp³-hybridized carbons (Fsp3) is 0. The van der Waals surface area contributed by atoms with Gasteiger partial charge in [0.1, 0.15) is 11.2 Å². The number of pyridine rings is 1. The fourth-order valence-corrected chi connectivity index (χ4v) is 8.17. The number of fused-ring (bicyclic) bond motifs is 7. The van der Waals surface area contributed by atoms with Crippen LogP contribution < -0.4 is 0 Å². The Morgan fingerprint density at radius 3 is 1.54 bits per heavy atom. The molecular weight excluding hydrogens is 695 g/mol. The second-order valence-electron chi connectivity index (χ2n) is 14.3. The van der Waals surface area contributed by atoms with Crippen molar-refractivity contribution in [3.63, 3.8) is 0 Å². The number of hydrogen-bond donors (Lipinski definition) is 0. The molecule has 0 aliphatic rings. The van der Waals surface area contributed by atoms with Gasteiger partial charge in [-0.15, -0.1) is 0 Å². The molecule has 0 aliphatic carbocycles. The van der Waals surface area contributed by atoms with Gasteiger partial charge in [-0.25, -0.2) is 15.0 Å². The molecule has 266 valence electrons. The largest absolute Gasteiger partial charge is 0.455 e. The highest BCUT2D eigenvalue weighted by molar-refractivity contribution is 6.24. The van der Waals surface area contributed by atoms with Crippen LogP contribution in [0.3, 0.4) is 0 Å². The Morgan fingerprint density at radius 1 is 0.316 bits per heavy atom. The van der Waals surface area contributed by atoms with Gasteiger partial charge in [0.15, 0.2) is 5.82 Å². The molecule has 3 heterocycles. The molecule has 4 heteroatoms. The number of furan rings is 1. The van der Waals surface area contributed by atoms with Crippen LogP contribution >= 0.6 is 0 Å². The zero-order chi connectivity index (χ0) is 37.7. The minimum absolute atomic E-state index is 0.676. The number of nitrogens with zero attached hydrogens (tertiary/aromatic N) is 3. The highest BCUT2D eigenvalue weighted by Crippen LogP contribution is 2.43. The number of para-hydroxylation sites is 2. The molecule has 57 heavy (non-hydrogen) atoms. The molecule has 4 nitrogen and oxygen atoms in total. The van der Waals surface area contributed by atoms with E-state index in [4.69, 9.17) is 19.4 Å². The summed E-state index contributed by atoms with van der Waals surface area (Å²) in [5.41, 5.74) is 13.6. The van der Waals surface area contributed by atoms with Crippen LogP contribution in [0.5, 0.6) is 0 Å². The Hall–Kier alpha value is -7.69. The number of hydrogen-bond acceptors (Lipinski definition) is 4. The van der Waals surface area contributed by atoms with Crippen LogP contribution in [0.25, 0.3) is 111 Å². The first-order valence-corrected chi connectivity index (χ1v) is 19.2. The molecular formula is C53H33N3O. The third-order valence-electron chi connectivity index (χ3n) is 10.9. The molecule has 0 unspecified atom stereocenters. The second-order valence-corrected chi connectivity index (χ2v) is 14.3. The van der Waals surface area contributed by atoms with Crippen molar-refractivity contribution in [2.24, 2.45) is 0 Å². The molecule has 11 rings (SSSR count). The molecule has 8 aromatic carbocycles. The van der Waals surface area contributed by atoms with E-state index in [0.29, 0.717) is 5.82 Å². The van der Waals surface area contributed by atoms with Gasteiger partial charge in [0.05, 0.1) is 22.6 Å². The average molecular weight is 728 g/mol. The minimum atomic E-state index is 0.676. The summed E-state index contributed by atoms with van der Waals surface area (Å²) in [6.07, 6.45) is 0. The van der Waals surface area contributed by atoms with Gasteiger partial charge in [-0.3, -0.25) is 0 Å². The van der Waals surface area contributed by atoms with Crippen LogP contribution in [0, 0.1) is 0 Å².